The normalized spacial score (nSPS) is 13.6. The van der Waals surface area contributed by atoms with E-state index in [0.29, 0.717) is 17.6 Å². The van der Waals surface area contributed by atoms with Crippen LogP contribution in [-0.2, 0) is 0 Å². The van der Waals surface area contributed by atoms with Crippen molar-refractivity contribution in [1.29, 1.82) is 0 Å². The van der Waals surface area contributed by atoms with Gasteiger partial charge in [-0.3, -0.25) is 4.79 Å². The fraction of sp³-hybridized carbons (Fsp3) is 0.350. The second-order valence-electron chi connectivity index (χ2n) is 5.80. The van der Waals surface area contributed by atoms with E-state index in [-0.39, 0.29) is 5.78 Å². The lowest BCUT2D eigenvalue weighted by Gasteiger charge is -2.26. The fourth-order valence-electron chi connectivity index (χ4n) is 3.19. The second-order valence-corrected chi connectivity index (χ2v) is 5.80. The van der Waals surface area contributed by atoms with Crippen molar-refractivity contribution < 1.29 is 9.90 Å². The molecule has 2 nitrogen and oxygen atoms in total. The minimum absolute atomic E-state index is 0.102. The lowest BCUT2D eigenvalue weighted by Crippen LogP contribution is -2.10. The van der Waals surface area contributed by atoms with E-state index >= 15 is 0 Å². The molecule has 0 aliphatic carbocycles. The Morgan fingerprint density at radius 1 is 0.864 bits per heavy atom. The number of hydrogen-bond acceptors (Lipinski definition) is 2. The summed E-state index contributed by atoms with van der Waals surface area (Å²) in [5.41, 5.74) is 3.28. The van der Waals surface area contributed by atoms with Crippen LogP contribution < -0.4 is 0 Å². The maximum Gasteiger partial charge on any atom is 0.159 e. The molecule has 116 valence electrons. The summed E-state index contributed by atoms with van der Waals surface area (Å²) >= 11 is 0. The Balaban J connectivity index is 2.31. The molecule has 0 radical (unpaired) electrons. The maximum absolute atomic E-state index is 11.4. The average Bonchev–Trinajstić information content (AvgIpc) is 2.53. The van der Waals surface area contributed by atoms with Crippen molar-refractivity contribution >= 4 is 5.78 Å². The first-order valence-electron chi connectivity index (χ1n) is 7.96. The van der Waals surface area contributed by atoms with Crippen LogP contribution in [0, 0.1) is 0 Å². The van der Waals surface area contributed by atoms with Crippen LogP contribution in [0.1, 0.15) is 66.9 Å². The highest BCUT2D eigenvalue weighted by molar-refractivity contribution is 5.94. The first-order valence-corrected chi connectivity index (χ1v) is 7.96. The number of phenolic OH excluding ortho intramolecular Hbond substituents is 1. The number of carbonyl (C=O) groups is 1. The van der Waals surface area contributed by atoms with Crippen LogP contribution in [0.15, 0.2) is 48.5 Å². The molecule has 0 saturated carbocycles. The van der Waals surface area contributed by atoms with Gasteiger partial charge in [0.2, 0.25) is 0 Å². The summed E-state index contributed by atoms with van der Waals surface area (Å²) in [6.45, 7) is 5.99. The van der Waals surface area contributed by atoms with E-state index in [1.54, 1.807) is 19.1 Å². The predicted molar refractivity (Wildman–Crippen MR) is 90.6 cm³/mol. The lowest BCUT2D eigenvalue weighted by atomic mass is 9.78. The Morgan fingerprint density at radius 2 is 1.27 bits per heavy atom. The lowest BCUT2D eigenvalue weighted by molar-refractivity contribution is 0.101. The smallest absolute Gasteiger partial charge is 0.159 e. The zero-order valence-corrected chi connectivity index (χ0v) is 13.5. The SMILES string of the molecule is CC[C@H](c1ccc(O)cc1)[C@@H](CC)c1ccc(C(C)=O)cc1. The number of carbonyl (C=O) groups excluding carboxylic acids is 1. The zero-order chi connectivity index (χ0) is 16.1. The number of rotatable bonds is 6. The summed E-state index contributed by atoms with van der Waals surface area (Å²) in [6, 6.07) is 15.5. The van der Waals surface area contributed by atoms with Gasteiger partial charge in [0.1, 0.15) is 5.75 Å². The maximum atomic E-state index is 11.4. The molecule has 0 aliphatic heterocycles. The minimum Gasteiger partial charge on any atom is -0.508 e. The van der Waals surface area contributed by atoms with Gasteiger partial charge in [0.15, 0.2) is 5.78 Å². The molecular weight excluding hydrogens is 272 g/mol. The number of Topliss-reactive ketones (excluding diaryl/α,β-unsaturated/α-hetero) is 1. The fourth-order valence-corrected chi connectivity index (χ4v) is 3.19. The van der Waals surface area contributed by atoms with E-state index in [1.807, 2.05) is 24.3 Å². The first-order chi connectivity index (χ1) is 10.6. The molecule has 2 aromatic rings. The van der Waals surface area contributed by atoms with Crippen molar-refractivity contribution in [2.75, 3.05) is 0 Å². The summed E-state index contributed by atoms with van der Waals surface area (Å²) in [5.74, 6) is 1.23. The standard InChI is InChI=1S/C20H24O2/c1-4-19(16-8-6-15(7-9-16)14(3)21)20(5-2)17-10-12-18(22)13-11-17/h6-13,19-20,22H,4-5H2,1-3H3/t19-,20+/m0/s1. The molecule has 0 heterocycles. The quantitative estimate of drug-likeness (QED) is 0.736. The van der Waals surface area contributed by atoms with Gasteiger partial charge in [-0.05, 0) is 54.9 Å². The topological polar surface area (TPSA) is 37.3 Å². The van der Waals surface area contributed by atoms with Crippen LogP contribution in [0.5, 0.6) is 5.75 Å². The van der Waals surface area contributed by atoms with E-state index in [2.05, 4.69) is 26.0 Å². The molecule has 2 heteroatoms. The summed E-state index contributed by atoms with van der Waals surface area (Å²) in [5, 5.41) is 9.47. The molecule has 0 saturated heterocycles. The Morgan fingerprint density at radius 3 is 1.64 bits per heavy atom. The van der Waals surface area contributed by atoms with E-state index in [4.69, 9.17) is 0 Å². The third kappa shape index (κ3) is 3.56. The van der Waals surface area contributed by atoms with Crippen LogP contribution in [-0.4, -0.2) is 10.9 Å². The summed E-state index contributed by atoms with van der Waals surface area (Å²) < 4.78 is 0. The predicted octanol–water partition coefficient (Wildman–Crippen LogP) is 5.28. The molecule has 0 fully saturated rings. The van der Waals surface area contributed by atoms with Crippen LogP contribution in [0.4, 0.5) is 0 Å². The van der Waals surface area contributed by atoms with Crippen molar-refractivity contribution in [1.82, 2.24) is 0 Å². The molecule has 0 aromatic heterocycles. The molecule has 0 unspecified atom stereocenters. The molecule has 1 N–H and O–H groups in total. The van der Waals surface area contributed by atoms with Gasteiger partial charge in [-0.15, -0.1) is 0 Å². The van der Waals surface area contributed by atoms with E-state index in [9.17, 15) is 9.90 Å². The Bertz CT molecular complexity index is 611. The number of phenols is 1. The molecular formula is C20H24O2. The van der Waals surface area contributed by atoms with Gasteiger partial charge in [0.05, 0.1) is 0 Å². The first kappa shape index (κ1) is 16.3. The minimum atomic E-state index is 0.102. The molecule has 0 spiro atoms. The summed E-state index contributed by atoms with van der Waals surface area (Å²) in [7, 11) is 0. The van der Waals surface area contributed by atoms with Crippen LogP contribution in [0.25, 0.3) is 0 Å². The van der Waals surface area contributed by atoms with Crippen molar-refractivity contribution in [2.45, 2.75) is 45.4 Å². The van der Waals surface area contributed by atoms with Gasteiger partial charge in [0, 0.05) is 5.56 Å². The van der Waals surface area contributed by atoms with Crippen molar-refractivity contribution in [3.05, 3.63) is 65.2 Å². The second kappa shape index (κ2) is 7.26. The van der Waals surface area contributed by atoms with Gasteiger partial charge in [-0.25, -0.2) is 0 Å². The highest BCUT2D eigenvalue weighted by Gasteiger charge is 2.22. The van der Waals surface area contributed by atoms with Crippen LogP contribution in [0.2, 0.25) is 0 Å². The van der Waals surface area contributed by atoms with Gasteiger partial charge >= 0.3 is 0 Å². The molecule has 0 aliphatic rings. The third-order valence-electron chi connectivity index (χ3n) is 4.43. The molecule has 22 heavy (non-hydrogen) atoms. The van der Waals surface area contributed by atoms with Crippen molar-refractivity contribution in [3.8, 4) is 5.75 Å². The molecule has 0 bridgehead atoms. The molecule has 2 rings (SSSR count). The van der Waals surface area contributed by atoms with E-state index in [0.717, 1.165) is 18.4 Å². The monoisotopic (exact) mass is 296 g/mol. The van der Waals surface area contributed by atoms with Crippen LogP contribution >= 0.6 is 0 Å². The third-order valence-corrected chi connectivity index (χ3v) is 4.43. The Kier molecular flexibility index (Phi) is 5.37. The zero-order valence-electron chi connectivity index (χ0n) is 13.5. The largest absolute Gasteiger partial charge is 0.508 e. The molecule has 2 atom stereocenters. The Hall–Kier alpha value is -2.09. The molecule has 2 aromatic carbocycles. The number of hydrogen-bond donors (Lipinski definition) is 1. The summed E-state index contributed by atoms with van der Waals surface area (Å²) in [6.07, 6.45) is 2.08. The number of benzene rings is 2. The number of aromatic hydroxyl groups is 1. The number of ketones is 1. The van der Waals surface area contributed by atoms with Gasteiger partial charge in [-0.2, -0.15) is 0 Å². The highest BCUT2D eigenvalue weighted by atomic mass is 16.3. The van der Waals surface area contributed by atoms with Crippen LogP contribution in [0.3, 0.4) is 0 Å². The van der Waals surface area contributed by atoms with Crippen molar-refractivity contribution in [3.63, 3.8) is 0 Å². The highest BCUT2D eigenvalue weighted by Crippen LogP contribution is 2.38. The van der Waals surface area contributed by atoms with Gasteiger partial charge < -0.3 is 5.11 Å². The van der Waals surface area contributed by atoms with Gasteiger partial charge in [-0.1, -0.05) is 50.2 Å². The molecule has 0 amide bonds. The Labute approximate surface area is 132 Å². The van der Waals surface area contributed by atoms with E-state index < -0.39 is 0 Å². The van der Waals surface area contributed by atoms with Gasteiger partial charge in [0.25, 0.3) is 0 Å². The van der Waals surface area contributed by atoms with Crippen molar-refractivity contribution in [2.24, 2.45) is 0 Å². The summed E-state index contributed by atoms with van der Waals surface area (Å²) in [4.78, 5) is 11.4. The van der Waals surface area contributed by atoms with E-state index in [1.165, 1.54) is 11.1 Å². The average molecular weight is 296 g/mol.